The second-order valence-electron chi connectivity index (χ2n) is 5.35. The Morgan fingerprint density at radius 2 is 1.71 bits per heavy atom. The molecule has 3 rings (SSSR count). The molecule has 0 radical (unpaired) electrons. The fourth-order valence-corrected chi connectivity index (χ4v) is 2.86. The average molecular weight is 330 g/mol. The van der Waals surface area contributed by atoms with Gasteiger partial charge in [0.25, 0.3) is 0 Å². The van der Waals surface area contributed by atoms with Crippen LogP contribution in [0.5, 0.6) is 28.7 Å². The lowest BCUT2D eigenvalue weighted by molar-refractivity contribution is 0.0891. The number of carbonyl (C=O) groups is 1. The quantitative estimate of drug-likeness (QED) is 0.929. The van der Waals surface area contributed by atoms with Gasteiger partial charge < -0.3 is 24.1 Å². The molecule has 6 nitrogen and oxygen atoms in total. The number of fused-ring (bicyclic) bond motifs is 1. The highest BCUT2D eigenvalue weighted by molar-refractivity contribution is 6.05. The molecule has 1 heterocycles. The molecule has 0 saturated heterocycles. The van der Waals surface area contributed by atoms with Crippen LogP contribution in [0.3, 0.4) is 0 Å². The van der Waals surface area contributed by atoms with E-state index in [2.05, 4.69) is 0 Å². The van der Waals surface area contributed by atoms with Crippen LogP contribution < -0.4 is 18.9 Å². The number of methoxy groups -OCH3 is 3. The van der Waals surface area contributed by atoms with Crippen LogP contribution in [0.4, 0.5) is 0 Å². The van der Waals surface area contributed by atoms with Crippen LogP contribution in [0, 0.1) is 0 Å². The van der Waals surface area contributed by atoms with E-state index < -0.39 is 5.92 Å². The number of aromatic hydroxyl groups is 1. The number of ether oxygens (including phenoxy) is 4. The number of ketones is 1. The Morgan fingerprint density at radius 1 is 1.04 bits per heavy atom. The first-order valence-corrected chi connectivity index (χ1v) is 7.39. The van der Waals surface area contributed by atoms with E-state index in [1.54, 1.807) is 25.3 Å². The van der Waals surface area contributed by atoms with Gasteiger partial charge in [0.05, 0.1) is 38.4 Å². The van der Waals surface area contributed by atoms with E-state index >= 15 is 0 Å². The van der Waals surface area contributed by atoms with Crippen molar-refractivity contribution in [2.75, 3.05) is 27.9 Å². The summed E-state index contributed by atoms with van der Waals surface area (Å²) in [6, 6.07) is 7.87. The molecule has 0 amide bonds. The summed E-state index contributed by atoms with van der Waals surface area (Å²) in [4.78, 5) is 12.9. The molecule has 0 aromatic heterocycles. The lowest BCUT2D eigenvalue weighted by Gasteiger charge is -2.27. The summed E-state index contributed by atoms with van der Waals surface area (Å²) >= 11 is 0. The molecule has 0 saturated carbocycles. The van der Waals surface area contributed by atoms with E-state index in [0.29, 0.717) is 34.1 Å². The van der Waals surface area contributed by atoms with Crippen molar-refractivity contribution in [3.8, 4) is 28.7 Å². The first kappa shape index (κ1) is 16.0. The number of hydrogen-bond donors (Lipinski definition) is 1. The molecule has 0 spiro atoms. The van der Waals surface area contributed by atoms with E-state index in [9.17, 15) is 9.90 Å². The second-order valence-corrected chi connectivity index (χ2v) is 5.35. The van der Waals surface area contributed by atoms with Gasteiger partial charge in [0.15, 0.2) is 5.78 Å². The number of rotatable bonds is 4. The lowest BCUT2D eigenvalue weighted by atomic mass is 9.87. The third kappa shape index (κ3) is 2.60. The van der Waals surface area contributed by atoms with Crippen molar-refractivity contribution in [2.45, 2.75) is 5.92 Å². The molecule has 1 aliphatic rings. The van der Waals surface area contributed by atoms with Crippen molar-refractivity contribution in [3.05, 3.63) is 41.5 Å². The zero-order valence-corrected chi connectivity index (χ0v) is 13.7. The summed E-state index contributed by atoms with van der Waals surface area (Å²) in [5.41, 5.74) is 1.04. The van der Waals surface area contributed by atoms with Crippen molar-refractivity contribution < 1.29 is 28.8 Å². The SMILES string of the molecule is COc1cc(OC)c(C2COc3cc(O)ccc3C2=O)c(OC)c1. The lowest BCUT2D eigenvalue weighted by Crippen LogP contribution is -2.26. The van der Waals surface area contributed by atoms with E-state index in [1.807, 2.05) is 0 Å². The molecule has 2 aromatic rings. The summed E-state index contributed by atoms with van der Waals surface area (Å²) < 4.78 is 21.8. The van der Waals surface area contributed by atoms with Gasteiger partial charge in [-0.1, -0.05) is 0 Å². The first-order chi connectivity index (χ1) is 11.6. The van der Waals surface area contributed by atoms with Gasteiger partial charge in [0.2, 0.25) is 0 Å². The van der Waals surface area contributed by atoms with Crippen molar-refractivity contribution in [2.24, 2.45) is 0 Å². The van der Waals surface area contributed by atoms with Gasteiger partial charge >= 0.3 is 0 Å². The van der Waals surface area contributed by atoms with E-state index in [-0.39, 0.29) is 18.1 Å². The number of phenolic OH excluding ortho intramolecular Hbond substituents is 1. The molecular formula is C18H18O6. The third-order valence-electron chi connectivity index (χ3n) is 4.05. The molecule has 126 valence electrons. The molecular weight excluding hydrogens is 312 g/mol. The Bertz CT molecular complexity index is 758. The van der Waals surface area contributed by atoms with Gasteiger partial charge in [-0.05, 0) is 12.1 Å². The maximum Gasteiger partial charge on any atom is 0.177 e. The molecule has 24 heavy (non-hydrogen) atoms. The minimum absolute atomic E-state index is 0.0552. The fraction of sp³-hybridized carbons (Fsp3) is 0.278. The van der Waals surface area contributed by atoms with E-state index in [4.69, 9.17) is 18.9 Å². The molecule has 1 aliphatic heterocycles. The molecule has 1 atom stereocenters. The largest absolute Gasteiger partial charge is 0.508 e. The standard InChI is InChI=1S/C18H18O6/c1-21-11-7-15(22-2)17(16(8-11)23-3)13-9-24-14-6-10(19)4-5-12(14)18(13)20/h4-8,13,19H,9H2,1-3H3. The summed E-state index contributed by atoms with van der Waals surface area (Å²) in [6.45, 7) is 0.133. The summed E-state index contributed by atoms with van der Waals surface area (Å²) in [5, 5.41) is 9.53. The first-order valence-electron chi connectivity index (χ1n) is 7.39. The molecule has 1 N–H and O–H groups in total. The number of hydrogen-bond acceptors (Lipinski definition) is 6. The van der Waals surface area contributed by atoms with Crippen LogP contribution in [0.2, 0.25) is 0 Å². The zero-order valence-electron chi connectivity index (χ0n) is 13.7. The van der Waals surface area contributed by atoms with Crippen molar-refractivity contribution in [1.82, 2.24) is 0 Å². The Kier molecular flexibility index (Phi) is 4.20. The van der Waals surface area contributed by atoms with Gasteiger partial charge in [-0.25, -0.2) is 0 Å². The van der Waals surface area contributed by atoms with Crippen LogP contribution in [0.25, 0.3) is 0 Å². The number of Topliss-reactive ketones (excluding diaryl/α,β-unsaturated/α-hetero) is 1. The second kappa shape index (κ2) is 6.31. The third-order valence-corrected chi connectivity index (χ3v) is 4.05. The highest BCUT2D eigenvalue weighted by Gasteiger charge is 2.35. The summed E-state index contributed by atoms with van der Waals surface area (Å²) in [7, 11) is 4.60. The van der Waals surface area contributed by atoms with E-state index in [0.717, 1.165) is 0 Å². The highest BCUT2D eigenvalue weighted by atomic mass is 16.5. The van der Waals surface area contributed by atoms with Crippen LogP contribution >= 0.6 is 0 Å². The molecule has 0 aliphatic carbocycles. The Morgan fingerprint density at radius 3 is 2.29 bits per heavy atom. The van der Waals surface area contributed by atoms with Gasteiger partial charge in [-0.3, -0.25) is 4.79 Å². The maximum absolute atomic E-state index is 12.9. The Balaban J connectivity index is 2.09. The predicted molar refractivity (Wildman–Crippen MR) is 86.8 cm³/mol. The summed E-state index contributed by atoms with van der Waals surface area (Å²) in [5.74, 6) is 1.31. The van der Waals surface area contributed by atoms with Gasteiger partial charge in [-0.15, -0.1) is 0 Å². The average Bonchev–Trinajstić information content (AvgIpc) is 2.61. The molecule has 0 bridgehead atoms. The molecule has 2 aromatic carbocycles. The Labute approximate surface area is 139 Å². The van der Waals surface area contributed by atoms with Crippen molar-refractivity contribution in [3.63, 3.8) is 0 Å². The zero-order chi connectivity index (χ0) is 17.3. The number of carbonyl (C=O) groups excluding carboxylic acids is 1. The highest BCUT2D eigenvalue weighted by Crippen LogP contribution is 2.43. The number of phenols is 1. The Hall–Kier alpha value is -2.89. The van der Waals surface area contributed by atoms with Crippen LogP contribution in [-0.4, -0.2) is 38.8 Å². The van der Waals surface area contributed by atoms with Gasteiger partial charge in [0.1, 0.15) is 35.4 Å². The van der Waals surface area contributed by atoms with Crippen LogP contribution in [-0.2, 0) is 0 Å². The summed E-state index contributed by atoms with van der Waals surface area (Å²) in [6.07, 6.45) is 0. The van der Waals surface area contributed by atoms with Crippen molar-refractivity contribution in [1.29, 1.82) is 0 Å². The maximum atomic E-state index is 12.9. The van der Waals surface area contributed by atoms with Crippen molar-refractivity contribution >= 4 is 5.78 Å². The van der Waals surface area contributed by atoms with Crippen LogP contribution in [0.15, 0.2) is 30.3 Å². The smallest absolute Gasteiger partial charge is 0.177 e. The minimum Gasteiger partial charge on any atom is -0.508 e. The van der Waals surface area contributed by atoms with Gasteiger partial charge in [-0.2, -0.15) is 0 Å². The topological polar surface area (TPSA) is 74.2 Å². The fourth-order valence-electron chi connectivity index (χ4n) is 2.86. The predicted octanol–water partition coefficient (Wildman–Crippen LogP) is 2.78. The molecule has 6 heteroatoms. The molecule has 1 unspecified atom stereocenters. The number of benzene rings is 2. The van der Waals surface area contributed by atoms with E-state index in [1.165, 1.54) is 26.4 Å². The minimum atomic E-state index is -0.571. The monoisotopic (exact) mass is 330 g/mol. The molecule has 0 fully saturated rings. The van der Waals surface area contributed by atoms with Gasteiger partial charge in [0, 0.05) is 18.2 Å². The normalized spacial score (nSPS) is 16.1. The van der Waals surface area contributed by atoms with Crippen LogP contribution in [0.1, 0.15) is 21.8 Å².